The largest absolute Gasteiger partial charge is 0.349 e. The number of carbonyl (C=O) groups is 4. The minimum absolute atomic E-state index is 0.222. The minimum atomic E-state index is -2.06. The van der Waals surface area contributed by atoms with Gasteiger partial charge in [0.15, 0.2) is 0 Å². The Balaban J connectivity index is 1.52. The van der Waals surface area contributed by atoms with Gasteiger partial charge in [-0.1, -0.05) is 78.3 Å². The molecule has 2 saturated heterocycles. The highest BCUT2D eigenvalue weighted by Gasteiger charge is 2.74. The molecule has 2 heterocycles. The van der Waals surface area contributed by atoms with E-state index in [0.29, 0.717) is 17.2 Å². The van der Waals surface area contributed by atoms with Crippen molar-refractivity contribution in [2.45, 2.75) is 31.5 Å². The van der Waals surface area contributed by atoms with Crippen LogP contribution in [-0.4, -0.2) is 29.0 Å². The fraction of sp³-hybridized carbons (Fsp3) is 0.241. The Hall–Kier alpha value is -3.42. The van der Waals surface area contributed by atoms with Gasteiger partial charge in [0.1, 0.15) is 0 Å². The number of amides is 2. The van der Waals surface area contributed by atoms with Crippen molar-refractivity contribution in [3.63, 3.8) is 0 Å². The molecule has 0 radical (unpaired) electrons. The van der Waals surface area contributed by atoms with Crippen LogP contribution in [0.25, 0.3) is 0 Å². The summed E-state index contributed by atoms with van der Waals surface area (Å²) >= 11 is 3.37. The number of hydrogen-bond donors (Lipinski definition) is 0. The number of rotatable bonds is 3. The van der Waals surface area contributed by atoms with E-state index >= 15 is 0 Å². The molecule has 3 aromatic carbocycles. The third-order valence-electron chi connectivity index (χ3n) is 7.54. The first-order valence-corrected chi connectivity index (χ1v) is 12.6. The van der Waals surface area contributed by atoms with Crippen molar-refractivity contribution < 1.29 is 23.9 Å². The van der Waals surface area contributed by atoms with E-state index in [1.165, 1.54) is 0 Å². The first kappa shape index (κ1) is 23.0. The lowest BCUT2D eigenvalue weighted by molar-refractivity contribution is -0.127. The molecule has 2 fully saturated rings. The zero-order chi connectivity index (χ0) is 25.4. The van der Waals surface area contributed by atoms with Crippen LogP contribution in [0, 0.1) is 11.8 Å². The van der Waals surface area contributed by atoms with Gasteiger partial charge < -0.3 is 4.74 Å². The van der Waals surface area contributed by atoms with Crippen LogP contribution in [-0.2, 0) is 14.3 Å². The van der Waals surface area contributed by atoms with E-state index in [4.69, 9.17) is 4.74 Å². The van der Waals surface area contributed by atoms with Crippen molar-refractivity contribution in [1.29, 1.82) is 0 Å². The van der Waals surface area contributed by atoms with Gasteiger partial charge in [0.25, 0.3) is 0 Å². The van der Waals surface area contributed by atoms with Gasteiger partial charge in [-0.15, -0.1) is 0 Å². The molecule has 0 saturated carbocycles. The Labute approximate surface area is 216 Å². The van der Waals surface area contributed by atoms with E-state index in [1.54, 1.807) is 48.5 Å². The lowest BCUT2D eigenvalue weighted by Gasteiger charge is -2.27. The maximum Gasteiger partial charge on any atom is 0.241 e. The lowest BCUT2D eigenvalue weighted by Crippen LogP contribution is -2.51. The van der Waals surface area contributed by atoms with E-state index in [9.17, 15) is 19.2 Å². The monoisotopic (exact) mass is 543 g/mol. The maximum atomic E-state index is 13.9. The summed E-state index contributed by atoms with van der Waals surface area (Å²) in [5, 5.41) is 0. The van der Waals surface area contributed by atoms with Crippen LogP contribution in [0.3, 0.4) is 0 Å². The van der Waals surface area contributed by atoms with Crippen LogP contribution < -0.4 is 4.90 Å². The van der Waals surface area contributed by atoms with Gasteiger partial charge in [0, 0.05) is 15.6 Å². The standard InChI is InChI=1S/C29H22BrNO5/c1-15(2)16-7-9-17(10-8-16)24-22-23(28(35)31(27(22)34)19-13-11-18(30)12-14-19)29(36-24)25(32)20-5-3-4-6-21(20)26(29)33/h3-15,22-24H,1-2H3/t22-,23-,24+/m1/s1. The number of fused-ring (bicyclic) bond motifs is 3. The number of imide groups is 1. The van der Waals surface area contributed by atoms with Crippen molar-refractivity contribution in [1.82, 2.24) is 0 Å². The number of Topliss-reactive ketones (excluding diaryl/α,β-unsaturated/α-hetero) is 2. The van der Waals surface area contributed by atoms with E-state index in [-0.39, 0.29) is 11.1 Å². The number of nitrogens with zero attached hydrogens (tertiary/aromatic N) is 1. The lowest BCUT2D eigenvalue weighted by atomic mass is 9.77. The topological polar surface area (TPSA) is 80.8 Å². The Kier molecular flexibility index (Phi) is 5.14. The summed E-state index contributed by atoms with van der Waals surface area (Å²) in [4.78, 5) is 56.5. The molecule has 0 bridgehead atoms. The highest BCUT2D eigenvalue weighted by molar-refractivity contribution is 9.10. The van der Waals surface area contributed by atoms with E-state index < -0.39 is 46.9 Å². The first-order valence-electron chi connectivity index (χ1n) is 11.9. The van der Waals surface area contributed by atoms with E-state index in [1.807, 2.05) is 24.3 Å². The zero-order valence-corrected chi connectivity index (χ0v) is 21.2. The van der Waals surface area contributed by atoms with Gasteiger partial charge in [-0.2, -0.15) is 0 Å². The number of hydrogen-bond acceptors (Lipinski definition) is 5. The van der Waals surface area contributed by atoms with Crippen LogP contribution in [0.1, 0.15) is 57.7 Å². The average molecular weight is 544 g/mol. The van der Waals surface area contributed by atoms with Crippen molar-refractivity contribution in [3.05, 3.63) is 99.5 Å². The van der Waals surface area contributed by atoms with Gasteiger partial charge in [0.2, 0.25) is 29.0 Å². The van der Waals surface area contributed by atoms with Gasteiger partial charge in [-0.25, -0.2) is 4.90 Å². The smallest absolute Gasteiger partial charge is 0.241 e. The third-order valence-corrected chi connectivity index (χ3v) is 8.06. The van der Waals surface area contributed by atoms with Gasteiger partial charge >= 0.3 is 0 Å². The van der Waals surface area contributed by atoms with Crippen LogP contribution in [0.5, 0.6) is 0 Å². The highest BCUT2D eigenvalue weighted by atomic mass is 79.9. The Morgan fingerprint density at radius 2 is 1.39 bits per heavy atom. The molecule has 3 aliphatic rings. The second-order valence-electron chi connectivity index (χ2n) is 9.79. The molecule has 3 atom stereocenters. The van der Waals surface area contributed by atoms with Gasteiger partial charge in [-0.3, -0.25) is 19.2 Å². The van der Waals surface area contributed by atoms with Crippen molar-refractivity contribution in [2.24, 2.45) is 11.8 Å². The SMILES string of the molecule is CC(C)c1ccc([C@@H]2OC3(C(=O)c4ccccc4C3=O)[C@H]3C(=O)N(c4ccc(Br)cc4)C(=O)[C@@H]23)cc1. The van der Waals surface area contributed by atoms with Crippen LogP contribution in [0.15, 0.2) is 77.3 Å². The van der Waals surface area contributed by atoms with Crippen molar-refractivity contribution in [3.8, 4) is 0 Å². The summed E-state index contributed by atoms with van der Waals surface area (Å²) in [6, 6.07) is 20.9. The van der Waals surface area contributed by atoms with Crippen LogP contribution in [0.2, 0.25) is 0 Å². The molecule has 6 rings (SSSR count). The molecule has 2 amide bonds. The molecular formula is C29H22BrNO5. The predicted octanol–water partition coefficient (Wildman–Crippen LogP) is 5.27. The first-order chi connectivity index (χ1) is 17.3. The minimum Gasteiger partial charge on any atom is -0.349 e. The number of ketones is 2. The summed E-state index contributed by atoms with van der Waals surface area (Å²) < 4.78 is 7.14. The fourth-order valence-corrected chi connectivity index (χ4v) is 6.00. The quantitative estimate of drug-likeness (QED) is 0.332. The molecule has 180 valence electrons. The molecule has 0 aromatic heterocycles. The normalized spacial score (nSPS) is 24.2. The molecule has 3 aromatic rings. The molecular weight excluding hydrogens is 522 g/mol. The maximum absolute atomic E-state index is 13.9. The molecule has 6 nitrogen and oxygen atoms in total. The second-order valence-corrected chi connectivity index (χ2v) is 10.7. The Bertz CT molecular complexity index is 1410. The molecule has 0 N–H and O–H groups in total. The van der Waals surface area contributed by atoms with Crippen LogP contribution in [0.4, 0.5) is 5.69 Å². The molecule has 1 spiro atoms. The molecule has 2 aliphatic heterocycles. The summed E-state index contributed by atoms with van der Waals surface area (Å²) in [6.45, 7) is 4.16. The van der Waals surface area contributed by atoms with Gasteiger partial charge in [-0.05, 0) is 41.3 Å². The second kappa shape index (κ2) is 8.05. The third kappa shape index (κ3) is 2.99. The van der Waals surface area contributed by atoms with Crippen LogP contribution >= 0.6 is 15.9 Å². The molecule has 1 aliphatic carbocycles. The summed E-state index contributed by atoms with van der Waals surface area (Å²) in [5.74, 6) is -4.14. The summed E-state index contributed by atoms with van der Waals surface area (Å²) in [6.07, 6.45) is -0.921. The summed E-state index contributed by atoms with van der Waals surface area (Å²) in [7, 11) is 0. The zero-order valence-electron chi connectivity index (χ0n) is 19.6. The highest BCUT2D eigenvalue weighted by Crippen LogP contribution is 2.57. The van der Waals surface area contributed by atoms with Gasteiger partial charge in [0.05, 0.1) is 23.6 Å². The number of ether oxygens (including phenoxy) is 1. The van der Waals surface area contributed by atoms with Crippen molar-refractivity contribution in [2.75, 3.05) is 4.90 Å². The fourth-order valence-electron chi connectivity index (χ4n) is 5.73. The Morgan fingerprint density at radius 1 is 0.806 bits per heavy atom. The summed E-state index contributed by atoms with van der Waals surface area (Å²) in [5.41, 5.74) is 0.531. The predicted molar refractivity (Wildman–Crippen MR) is 136 cm³/mol. The van der Waals surface area contributed by atoms with Crippen molar-refractivity contribution >= 4 is 45.0 Å². The average Bonchev–Trinajstić information content (AvgIpc) is 3.45. The Morgan fingerprint density at radius 3 is 1.94 bits per heavy atom. The number of anilines is 1. The molecule has 0 unspecified atom stereocenters. The number of halogens is 1. The van der Waals surface area contributed by atoms with E-state index in [2.05, 4.69) is 29.8 Å². The van der Waals surface area contributed by atoms with E-state index in [0.717, 1.165) is 14.9 Å². The molecule has 36 heavy (non-hydrogen) atoms. The molecule has 7 heteroatoms. The number of benzene rings is 3. The number of carbonyl (C=O) groups excluding carboxylic acids is 4.